The van der Waals surface area contributed by atoms with Crippen molar-refractivity contribution in [1.82, 2.24) is 14.1 Å². The molecule has 3 rings (SSSR count). The standard InChI is InChI=1S/C21H24N4O4S/c1-4-29-19-11-10-17(13-20(19)30(27,28)24(2)3)23-21(26)12-16-14-22-25(15-16)18-8-6-5-7-9-18/h5-11,13-15H,4,12H2,1-3H3,(H,23,26). The molecule has 0 saturated carbocycles. The minimum atomic E-state index is -3.73. The van der Waals surface area contributed by atoms with Crippen LogP contribution in [-0.4, -0.2) is 49.1 Å². The van der Waals surface area contributed by atoms with Crippen LogP contribution in [0.5, 0.6) is 5.75 Å². The fourth-order valence-electron chi connectivity index (χ4n) is 2.82. The van der Waals surface area contributed by atoms with Gasteiger partial charge in [-0.3, -0.25) is 4.79 Å². The van der Waals surface area contributed by atoms with Crippen LogP contribution in [0.15, 0.2) is 65.8 Å². The molecule has 0 aliphatic heterocycles. The van der Waals surface area contributed by atoms with Crippen molar-refractivity contribution in [1.29, 1.82) is 0 Å². The highest BCUT2D eigenvalue weighted by Crippen LogP contribution is 2.29. The molecule has 2 aromatic carbocycles. The number of ether oxygens (including phenoxy) is 1. The number of nitrogens with zero attached hydrogens (tertiary/aromatic N) is 3. The molecule has 0 spiro atoms. The van der Waals surface area contributed by atoms with E-state index in [2.05, 4.69) is 10.4 Å². The Morgan fingerprint density at radius 2 is 1.90 bits per heavy atom. The summed E-state index contributed by atoms with van der Waals surface area (Å²) in [6, 6.07) is 14.2. The van der Waals surface area contributed by atoms with E-state index in [-0.39, 0.29) is 23.0 Å². The predicted octanol–water partition coefficient (Wildman–Crippen LogP) is 2.70. The SMILES string of the molecule is CCOc1ccc(NC(=O)Cc2cnn(-c3ccccc3)c2)cc1S(=O)(=O)N(C)C. The van der Waals surface area contributed by atoms with Gasteiger partial charge in [0.25, 0.3) is 0 Å². The summed E-state index contributed by atoms with van der Waals surface area (Å²) >= 11 is 0. The number of hydrogen-bond acceptors (Lipinski definition) is 5. The third-order valence-corrected chi connectivity index (χ3v) is 6.14. The lowest BCUT2D eigenvalue weighted by Crippen LogP contribution is -2.23. The molecule has 3 aromatic rings. The van der Waals surface area contributed by atoms with Gasteiger partial charge in [0.1, 0.15) is 10.6 Å². The zero-order valence-electron chi connectivity index (χ0n) is 17.1. The molecule has 0 aliphatic rings. The fraction of sp³-hybridized carbons (Fsp3) is 0.238. The molecule has 9 heteroatoms. The average molecular weight is 429 g/mol. The molecular formula is C21H24N4O4S. The number of carbonyl (C=O) groups is 1. The van der Waals surface area contributed by atoms with Crippen LogP contribution in [0.1, 0.15) is 12.5 Å². The molecule has 30 heavy (non-hydrogen) atoms. The molecule has 0 saturated heterocycles. The number of rotatable bonds is 8. The van der Waals surface area contributed by atoms with Crippen molar-refractivity contribution in [2.24, 2.45) is 0 Å². The van der Waals surface area contributed by atoms with E-state index < -0.39 is 10.0 Å². The van der Waals surface area contributed by atoms with Crippen molar-refractivity contribution in [2.75, 3.05) is 26.0 Å². The van der Waals surface area contributed by atoms with Gasteiger partial charge >= 0.3 is 0 Å². The van der Waals surface area contributed by atoms with Gasteiger partial charge < -0.3 is 10.1 Å². The first-order valence-corrected chi connectivity index (χ1v) is 10.8. The minimum absolute atomic E-state index is 0.00375. The van der Waals surface area contributed by atoms with Crippen LogP contribution >= 0.6 is 0 Å². The zero-order valence-corrected chi connectivity index (χ0v) is 17.9. The largest absolute Gasteiger partial charge is 0.492 e. The molecule has 1 amide bonds. The van der Waals surface area contributed by atoms with Crippen LogP contribution in [0.25, 0.3) is 5.69 Å². The highest BCUT2D eigenvalue weighted by molar-refractivity contribution is 7.89. The van der Waals surface area contributed by atoms with Gasteiger partial charge in [0.05, 0.1) is 24.9 Å². The summed E-state index contributed by atoms with van der Waals surface area (Å²) in [5.74, 6) is -0.0340. The Balaban J connectivity index is 1.76. The summed E-state index contributed by atoms with van der Waals surface area (Å²) < 4.78 is 33.5. The van der Waals surface area contributed by atoms with Crippen LogP contribution in [-0.2, 0) is 21.2 Å². The van der Waals surface area contributed by atoms with Gasteiger partial charge in [-0.25, -0.2) is 17.4 Å². The predicted molar refractivity (Wildman–Crippen MR) is 114 cm³/mol. The molecule has 0 fully saturated rings. The van der Waals surface area contributed by atoms with E-state index >= 15 is 0 Å². The van der Waals surface area contributed by atoms with Gasteiger partial charge in [0.2, 0.25) is 15.9 Å². The van der Waals surface area contributed by atoms with Crippen molar-refractivity contribution >= 4 is 21.6 Å². The number of anilines is 1. The molecule has 0 aliphatic carbocycles. The maximum atomic E-state index is 12.6. The number of sulfonamides is 1. The highest BCUT2D eigenvalue weighted by atomic mass is 32.2. The number of amides is 1. The van der Waals surface area contributed by atoms with E-state index in [4.69, 9.17) is 4.74 Å². The second kappa shape index (κ2) is 9.10. The fourth-order valence-corrected chi connectivity index (χ4v) is 3.87. The van der Waals surface area contributed by atoms with Crippen LogP contribution in [0.3, 0.4) is 0 Å². The van der Waals surface area contributed by atoms with Crippen LogP contribution in [0, 0.1) is 0 Å². The van der Waals surface area contributed by atoms with Crippen molar-refractivity contribution in [3.05, 3.63) is 66.5 Å². The van der Waals surface area contributed by atoms with E-state index in [1.165, 1.54) is 20.2 Å². The molecule has 158 valence electrons. The number of carbonyl (C=O) groups excluding carboxylic acids is 1. The average Bonchev–Trinajstić information content (AvgIpc) is 3.18. The van der Waals surface area contributed by atoms with Gasteiger partial charge in [-0.05, 0) is 42.8 Å². The molecule has 0 bridgehead atoms. The molecular weight excluding hydrogens is 404 g/mol. The summed E-state index contributed by atoms with van der Waals surface area (Å²) in [6.07, 6.45) is 3.53. The highest BCUT2D eigenvalue weighted by Gasteiger charge is 2.23. The second-order valence-electron chi connectivity index (χ2n) is 6.74. The van der Waals surface area contributed by atoms with Crippen molar-refractivity contribution < 1.29 is 17.9 Å². The van der Waals surface area contributed by atoms with Crippen molar-refractivity contribution in [3.63, 3.8) is 0 Å². The zero-order chi connectivity index (χ0) is 21.7. The topological polar surface area (TPSA) is 93.5 Å². The first-order valence-electron chi connectivity index (χ1n) is 9.39. The van der Waals surface area contributed by atoms with E-state index in [1.54, 1.807) is 36.1 Å². The Hall–Kier alpha value is -3.17. The summed E-state index contributed by atoms with van der Waals surface area (Å²) in [5.41, 5.74) is 2.01. The van der Waals surface area contributed by atoms with E-state index in [0.29, 0.717) is 12.3 Å². The lowest BCUT2D eigenvalue weighted by Gasteiger charge is -2.16. The maximum Gasteiger partial charge on any atom is 0.246 e. The van der Waals surface area contributed by atoms with Gasteiger partial charge in [0, 0.05) is 26.0 Å². The summed E-state index contributed by atoms with van der Waals surface area (Å²) in [4.78, 5) is 12.5. The van der Waals surface area contributed by atoms with Gasteiger partial charge in [-0.2, -0.15) is 5.10 Å². The van der Waals surface area contributed by atoms with E-state index in [9.17, 15) is 13.2 Å². The number of para-hydroxylation sites is 1. The first-order chi connectivity index (χ1) is 14.3. The molecule has 1 N–H and O–H groups in total. The molecule has 8 nitrogen and oxygen atoms in total. The molecule has 1 aromatic heterocycles. The molecule has 0 unspecified atom stereocenters. The third-order valence-electron chi connectivity index (χ3n) is 4.31. The summed E-state index contributed by atoms with van der Waals surface area (Å²) in [6.45, 7) is 2.10. The Labute approximate surface area is 176 Å². The normalized spacial score (nSPS) is 11.5. The smallest absolute Gasteiger partial charge is 0.246 e. The molecule has 0 atom stereocenters. The third kappa shape index (κ3) is 4.87. The Morgan fingerprint density at radius 3 is 2.57 bits per heavy atom. The lowest BCUT2D eigenvalue weighted by molar-refractivity contribution is -0.115. The first kappa shape index (κ1) is 21.5. The van der Waals surface area contributed by atoms with Crippen molar-refractivity contribution in [2.45, 2.75) is 18.2 Å². The summed E-state index contributed by atoms with van der Waals surface area (Å²) in [5, 5.41) is 7.03. The molecule has 1 heterocycles. The Morgan fingerprint density at radius 1 is 1.17 bits per heavy atom. The van der Waals surface area contributed by atoms with Crippen molar-refractivity contribution in [3.8, 4) is 11.4 Å². The maximum absolute atomic E-state index is 12.6. The molecule has 0 radical (unpaired) electrons. The van der Waals surface area contributed by atoms with Crippen LogP contribution in [0.2, 0.25) is 0 Å². The number of aromatic nitrogens is 2. The summed E-state index contributed by atoms with van der Waals surface area (Å²) in [7, 11) is -0.840. The monoisotopic (exact) mass is 428 g/mol. The van der Waals surface area contributed by atoms with Gasteiger partial charge in [-0.1, -0.05) is 18.2 Å². The number of benzene rings is 2. The Kier molecular flexibility index (Phi) is 6.53. The number of nitrogens with one attached hydrogen (secondary N) is 1. The quantitative estimate of drug-likeness (QED) is 0.595. The number of hydrogen-bond donors (Lipinski definition) is 1. The van der Waals surface area contributed by atoms with E-state index in [1.807, 2.05) is 30.3 Å². The van der Waals surface area contributed by atoms with Crippen LogP contribution < -0.4 is 10.1 Å². The van der Waals surface area contributed by atoms with Gasteiger partial charge in [-0.15, -0.1) is 0 Å². The van der Waals surface area contributed by atoms with E-state index in [0.717, 1.165) is 15.6 Å². The second-order valence-corrected chi connectivity index (χ2v) is 8.86. The Bertz CT molecular complexity index is 1120. The van der Waals surface area contributed by atoms with Crippen LogP contribution in [0.4, 0.5) is 5.69 Å². The minimum Gasteiger partial charge on any atom is -0.492 e. The lowest BCUT2D eigenvalue weighted by atomic mass is 10.2. The van der Waals surface area contributed by atoms with Gasteiger partial charge in [0.15, 0.2) is 0 Å².